The molecule has 2 amide bonds. The van der Waals surface area contributed by atoms with E-state index in [0.717, 1.165) is 25.7 Å². The summed E-state index contributed by atoms with van der Waals surface area (Å²) >= 11 is 0. The fourth-order valence-electron chi connectivity index (χ4n) is 3.41. The van der Waals surface area contributed by atoms with E-state index in [1.165, 1.54) is 0 Å². The van der Waals surface area contributed by atoms with E-state index in [1.807, 2.05) is 34.6 Å². The molecule has 0 saturated heterocycles. The number of hydrogen-bond donors (Lipinski definition) is 4. The van der Waals surface area contributed by atoms with E-state index in [4.69, 9.17) is 9.47 Å². The minimum atomic E-state index is -0.668. The van der Waals surface area contributed by atoms with Crippen LogP contribution >= 0.6 is 0 Å². The Morgan fingerprint density at radius 1 is 0.694 bits per heavy atom. The Morgan fingerprint density at radius 2 is 1.14 bits per heavy atom. The molecule has 210 valence electrons. The van der Waals surface area contributed by atoms with Crippen molar-refractivity contribution < 1.29 is 28.7 Å². The van der Waals surface area contributed by atoms with Crippen LogP contribution in [0.4, 0.5) is 0 Å². The summed E-state index contributed by atoms with van der Waals surface area (Å²) in [5.74, 6) is -1.04. The van der Waals surface area contributed by atoms with Gasteiger partial charge in [0, 0.05) is 25.2 Å². The van der Waals surface area contributed by atoms with E-state index in [0.29, 0.717) is 13.1 Å². The topological polar surface area (TPSA) is 135 Å². The average molecular weight is 515 g/mol. The number of carbonyl (C=O) groups excluding carboxylic acids is 4. The molecule has 4 N–H and O–H groups in total. The highest BCUT2D eigenvalue weighted by atomic mass is 16.5. The molecule has 0 spiro atoms. The van der Waals surface area contributed by atoms with Crippen molar-refractivity contribution in [3.63, 3.8) is 0 Å². The first kappa shape index (κ1) is 33.8. The molecule has 0 radical (unpaired) electrons. The molecule has 5 unspecified atom stereocenters. The van der Waals surface area contributed by atoms with Crippen molar-refractivity contribution in [1.29, 1.82) is 0 Å². The first-order valence-corrected chi connectivity index (χ1v) is 13.5. The molecule has 0 fully saturated rings. The van der Waals surface area contributed by atoms with Gasteiger partial charge in [-0.15, -0.1) is 0 Å². The molecule has 36 heavy (non-hydrogen) atoms. The second kappa shape index (κ2) is 19.9. The average Bonchev–Trinajstić information content (AvgIpc) is 2.84. The number of rotatable bonds is 20. The molecule has 0 aliphatic rings. The summed E-state index contributed by atoms with van der Waals surface area (Å²) in [6, 6.07) is -1.14. The van der Waals surface area contributed by atoms with E-state index < -0.39 is 24.0 Å². The first-order chi connectivity index (χ1) is 17.1. The van der Waals surface area contributed by atoms with Gasteiger partial charge in [-0.05, 0) is 59.3 Å². The van der Waals surface area contributed by atoms with Gasteiger partial charge in [0.25, 0.3) is 0 Å². The summed E-state index contributed by atoms with van der Waals surface area (Å²) in [7, 11) is 0. The standard InChI is InChI=1S/C26H50N4O6/c1-8-19(6)29-21(25(33)35-10-3)15-23(31)27-14-12-13-18(5)17-28-24(32)16-22(26(34)36-11-4)30-20(7)9-2/h18-22,29-30H,8-17H2,1-7H3,(H,27,31)(H,28,32). The van der Waals surface area contributed by atoms with Crippen molar-refractivity contribution in [1.82, 2.24) is 21.3 Å². The Bertz CT molecular complexity index is 660. The van der Waals surface area contributed by atoms with Gasteiger partial charge >= 0.3 is 11.9 Å². The van der Waals surface area contributed by atoms with Crippen LogP contribution < -0.4 is 21.3 Å². The summed E-state index contributed by atoms with van der Waals surface area (Å²) < 4.78 is 10.2. The number of nitrogens with one attached hydrogen (secondary N) is 4. The molecule has 10 heteroatoms. The largest absolute Gasteiger partial charge is 0.465 e. The van der Waals surface area contributed by atoms with E-state index in [-0.39, 0.29) is 55.9 Å². The lowest BCUT2D eigenvalue weighted by Crippen LogP contribution is -2.46. The first-order valence-electron chi connectivity index (χ1n) is 13.5. The third-order valence-electron chi connectivity index (χ3n) is 5.96. The van der Waals surface area contributed by atoms with Crippen LogP contribution in [0.3, 0.4) is 0 Å². The minimum absolute atomic E-state index is 0.0261. The van der Waals surface area contributed by atoms with Crippen molar-refractivity contribution in [3.05, 3.63) is 0 Å². The summed E-state index contributed by atoms with van der Waals surface area (Å²) in [5.41, 5.74) is 0. The zero-order valence-corrected chi connectivity index (χ0v) is 23.4. The molecule has 0 aromatic heterocycles. The minimum Gasteiger partial charge on any atom is -0.465 e. The van der Waals surface area contributed by atoms with Gasteiger partial charge in [0.2, 0.25) is 11.8 Å². The lowest BCUT2D eigenvalue weighted by Gasteiger charge is -2.21. The number of ether oxygens (including phenoxy) is 2. The third-order valence-corrected chi connectivity index (χ3v) is 5.96. The highest BCUT2D eigenvalue weighted by Crippen LogP contribution is 2.06. The second-order valence-corrected chi connectivity index (χ2v) is 9.37. The maximum atomic E-state index is 12.4. The van der Waals surface area contributed by atoms with Gasteiger partial charge in [0.15, 0.2) is 0 Å². The van der Waals surface area contributed by atoms with Crippen LogP contribution in [-0.4, -0.2) is 74.2 Å². The Balaban J connectivity index is 4.39. The maximum Gasteiger partial charge on any atom is 0.323 e. The number of hydrogen-bond acceptors (Lipinski definition) is 8. The third kappa shape index (κ3) is 15.7. The van der Waals surface area contributed by atoms with E-state index in [9.17, 15) is 19.2 Å². The number of carbonyl (C=O) groups is 4. The van der Waals surface area contributed by atoms with Crippen LogP contribution in [-0.2, 0) is 28.7 Å². The predicted molar refractivity (Wildman–Crippen MR) is 140 cm³/mol. The molecule has 0 heterocycles. The lowest BCUT2D eigenvalue weighted by atomic mass is 10.1. The van der Waals surface area contributed by atoms with Gasteiger partial charge in [-0.2, -0.15) is 0 Å². The number of amides is 2. The lowest BCUT2D eigenvalue weighted by molar-refractivity contribution is -0.148. The van der Waals surface area contributed by atoms with Gasteiger partial charge in [0.1, 0.15) is 12.1 Å². The molecule has 10 nitrogen and oxygen atoms in total. The van der Waals surface area contributed by atoms with Crippen molar-refractivity contribution in [2.45, 2.75) is 111 Å². The monoisotopic (exact) mass is 514 g/mol. The molecule has 0 aromatic rings. The zero-order valence-electron chi connectivity index (χ0n) is 23.4. The molecule has 0 aromatic carbocycles. The van der Waals surface area contributed by atoms with Gasteiger partial charge in [-0.3, -0.25) is 19.2 Å². The normalized spacial score (nSPS) is 15.2. The fourth-order valence-corrected chi connectivity index (χ4v) is 3.41. The predicted octanol–water partition coefficient (Wildman–Crippen LogP) is 2.05. The van der Waals surface area contributed by atoms with Gasteiger partial charge < -0.3 is 30.7 Å². The van der Waals surface area contributed by atoms with Gasteiger partial charge in [-0.25, -0.2) is 0 Å². The summed E-state index contributed by atoms with van der Waals surface area (Å²) in [4.78, 5) is 49.1. The van der Waals surface area contributed by atoms with Crippen LogP contribution in [0.1, 0.15) is 87.0 Å². The highest BCUT2D eigenvalue weighted by Gasteiger charge is 2.25. The molecular weight excluding hydrogens is 464 g/mol. The van der Waals surface area contributed by atoms with Gasteiger partial charge in [0.05, 0.1) is 26.1 Å². The highest BCUT2D eigenvalue weighted by molar-refractivity contribution is 5.86. The molecular formula is C26H50N4O6. The molecule has 0 bridgehead atoms. The summed E-state index contributed by atoms with van der Waals surface area (Å²) in [6.45, 7) is 14.9. The molecule has 0 aliphatic heterocycles. The van der Waals surface area contributed by atoms with Crippen LogP contribution in [0, 0.1) is 5.92 Å². The van der Waals surface area contributed by atoms with E-state index in [1.54, 1.807) is 13.8 Å². The Kier molecular flexibility index (Phi) is 18.7. The molecule has 5 atom stereocenters. The Labute approximate surface area is 217 Å². The molecule has 0 saturated carbocycles. The summed E-state index contributed by atoms with van der Waals surface area (Å²) in [6.07, 6.45) is 3.28. The van der Waals surface area contributed by atoms with Crippen LogP contribution in [0.25, 0.3) is 0 Å². The smallest absolute Gasteiger partial charge is 0.323 e. The van der Waals surface area contributed by atoms with Crippen LogP contribution in [0.5, 0.6) is 0 Å². The van der Waals surface area contributed by atoms with Crippen LogP contribution in [0.15, 0.2) is 0 Å². The quantitative estimate of drug-likeness (QED) is 0.143. The number of esters is 2. The molecule has 0 rings (SSSR count). The fraction of sp³-hybridized carbons (Fsp3) is 0.846. The summed E-state index contributed by atoms with van der Waals surface area (Å²) in [5, 5.41) is 12.1. The van der Waals surface area contributed by atoms with Crippen molar-refractivity contribution in [2.24, 2.45) is 5.92 Å². The van der Waals surface area contributed by atoms with Crippen molar-refractivity contribution in [2.75, 3.05) is 26.3 Å². The Hall–Kier alpha value is -2.20. The van der Waals surface area contributed by atoms with Crippen molar-refractivity contribution >= 4 is 23.8 Å². The van der Waals surface area contributed by atoms with Gasteiger partial charge in [-0.1, -0.05) is 20.8 Å². The SMILES string of the molecule is CCOC(=O)C(CC(=O)NCCCC(C)CNC(=O)CC(NC(C)CC)C(=O)OCC)NC(C)CC. The zero-order chi connectivity index (χ0) is 27.5. The molecule has 0 aliphatic carbocycles. The van der Waals surface area contributed by atoms with Crippen molar-refractivity contribution in [3.8, 4) is 0 Å². The van der Waals surface area contributed by atoms with E-state index >= 15 is 0 Å². The Morgan fingerprint density at radius 3 is 1.56 bits per heavy atom. The van der Waals surface area contributed by atoms with E-state index in [2.05, 4.69) is 21.3 Å². The van der Waals surface area contributed by atoms with Crippen LogP contribution in [0.2, 0.25) is 0 Å². The maximum absolute atomic E-state index is 12.4. The second-order valence-electron chi connectivity index (χ2n) is 9.37.